The second-order valence-corrected chi connectivity index (χ2v) is 6.77. The van der Waals surface area contributed by atoms with Gasteiger partial charge in [0.25, 0.3) is 5.91 Å². The highest BCUT2D eigenvalue weighted by molar-refractivity contribution is 6.11. The number of amides is 1. The van der Waals surface area contributed by atoms with E-state index < -0.39 is 5.91 Å². The Hall–Kier alpha value is -2.66. The third-order valence-corrected chi connectivity index (χ3v) is 5.20. The molecule has 25 heavy (non-hydrogen) atoms. The Balaban J connectivity index is 2.09. The zero-order valence-electron chi connectivity index (χ0n) is 14.0. The van der Waals surface area contributed by atoms with Crippen LogP contribution in [0.5, 0.6) is 0 Å². The number of benzene rings is 2. The van der Waals surface area contributed by atoms with Crippen molar-refractivity contribution in [1.82, 2.24) is 4.98 Å². The molecule has 1 aromatic heterocycles. The van der Waals surface area contributed by atoms with Gasteiger partial charge in [-0.3, -0.25) is 4.79 Å². The molecule has 4 rings (SSSR count). The first-order valence-electron chi connectivity index (χ1n) is 8.44. The topological polar surface area (TPSA) is 84.9 Å². The molecule has 0 saturated carbocycles. The lowest BCUT2D eigenvalue weighted by atomic mass is 9.87. The summed E-state index contributed by atoms with van der Waals surface area (Å²) in [7, 11) is 0. The van der Waals surface area contributed by atoms with Gasteiger partial charge in [-0.1, -0.05) is 18.2 Å². The molecule has 4 nitrogen and oxygen atoms in total. The van der Waals surface area contributed by atoms with Gasteiger partial charge < -0.3 is 16.5 Å². The van der Waals surface area contributed by atoms with Crippen LogP contribution in [0.15, 0.2) is 30.3 Å². The van der Waals surface area contributed by atoms with Crippen LogP contribution in [0.25, 0.3) is 22.0 Å². The number of hydrogen-bond donors (Lipinski definition) is 3. The van der Waals surface area contributed by atoms with Crippen molar-refractivity contribution >= 4 is 16.8 Å². The van der Waals surface area contributed by atoms with E-state index in [-0.39, 0.29) is 11.9 Å². The smallest absolute Gasteiger partial charge is 0.250 e. The normalized spacial score (nSPS) is 16.8. The van der Waals surface area contributed by atoms with Gasteiger partial charge >= 0.3 is 0 Å². The summed E-state index contributed by atoms with van der Waals surface area (Å²) >= 11 is 0. The molecule has 0 saturated heterocycles. The molecule has 5 heteroatoms. The Kier molecular flexibility index (Phi) is 3.62. The van der Waals surface area contributed by atoms with Gasteiger partial charge in [-0.05, 0) is 60.6 Å². The van der Waals surface area contributed by atoms with E-state index in [1.165, 1.54) is 6.07 Å². The van der Waals surface area contributed by atoms with Gasteiger partial charge in [0.2, 0.25) is 0 Å². The minimum Gasteiger partial charge on any atom is -0.366 e. The van der Waals surface area contributed by atoms with E-state index in [1.807, 2.05) is 12.1 Å². The second-order valence-electron chi connectivity index (χ2n) is 6.77. The van der Waals surface area contributed by atoms with E-state index in [0.717, 1.165) is 52.5 Å². The highest BCUT2D eigenvalue weighted by Crippen LogP contribution is 2.39. The number of halogens is 1. The third-order valence-electron chi connectivity index (χ3n) is 5.20. The zero-order chi connectivity index (χ0) is 17.7. The Morgan fingerprint density at radius 3 is 2.80 bits per heavy atom. The quantitative estimate of drug-likeness (QED) is 0.671. The first-order valence-corrected chi connectivity index (χ1v) is 8.44. The van der Waals surface area contributed by atoms with Gasteiger partial charge in [-0.2, -0.15) is 0 Å². The van der Waals surface area contributed by atoms with Crippen molar-refractivity contribution in [1.29, 1.82) is 0 Å². The number of nitrogens with one attached hydrogen (secondary N) is 1. The van der Waals surface area contributed by atoms with E-state index >= 15 is 0 Å². The Morgan fingerprint density at radius 1 is 1.24 bits per heavy atom. The molecule has 1 heterocycles. The summed E-state index contributed by atoms with van der Waals surface area (Å²) in [6.07, 6.45) is 2.48. The summed E-state index contributed by atoms with van der Waals surface area (Å²) in [5.74, 6) is -0.721. The van der Waals surface area contributed by atoms with Crippen LogP contribution in [0.1, 0.15) is 33.6 Å². The summed E-state index contributed by atoms with van der Waals surface area (Å²) in [5.41, 5.74) is 17.5. The van der Waals surface area contributed by atoms with Crippen molar-refractivity contribution in [3.8, 4) is 11.1 Å². The fourth-order valence-electron chi connectivity index (χ4n) is 3.88. The molecule has 1 unspecified atom stereocenters. The number of H-pyrrole nitrogens is 1. The lowest BCUT2D eigenvalue weighted by Crippen LogP contribution is -2.27. The first kappa shape index (κ1) is 15.8. The summed E-state index contributed by atoms with van der Waals surface area (Å²) in [6, 6.07) is 8.72. The molecule has 1 aliphatic rings. The maximum Gasteiger partial charge on any atom is 0.250 e. The molecule has 0 radical (unpaired) electrons. The number of carbonyl (C=O) groups is 1. The van der Waals surface area contributed by atoms with Crippen molar-refractivity contribution in [2.75, 3.05) is 0 Å². The summed E-state index contributed by atoms with van der Waals surface area (Å²) in [6.45, 7) is 1.77. The van der Waals surface area contributed by atoms with Gasteiger partial charge in [0.1, 0.15) is 5.82 Å². The fraction of sp³-hybridized carbons (Fsp3) is 0.250. The molecule has 0 spiro atoms. The molecule has 0 fully saturated rings. The fourth-order valence-corrected chi connectivity index (χ4v) is 3.88. The number of hydrogen-bond acceptors (Lipinski definition) is 2. The van der Waals surface area contributed by atoms with Crippen LogP contribution in [-0.4, -0.2) is 16.9 Å². The predicted octanol–water partition coefficient (Wildman–Crippen LogP) is 3.20. The molecule has 1 amide bonds. The molecule has 1 atom stereocenters. The molecule has 3 aromatic rings. The van der Waals surface area contributed by atoms with Crippen LogP contribution in [0.4, 0.5) is 4.39 Å². The third kappa shape index (κ3) is 2.43. The van der Waals surface area contributed by atoms with Crippen molar-refractivity contribution in [3.63, 3.8) is 0 Å². The number of primary amides is 1. The largest absolute Gasteiger partial charge is 0.366 e. The lowest BCUT2D eigenvalue weighted by Gasteiger charge is -2.19. The Morgan fingerprint density at radius 2 is 2.04 bits per heavy atom. The van der Waals surface area contributed by atoms with E-state index in [1.54, 1.807) is 19.1 Å². The molecule has 0 bridgehead atoms. The van der Waals surface area contributed by atoms with Crippen LogP contribution >= 0.6 is 0 Å². The van der Waals surface area contributed by atoms with Gasteiger partial charge in [0, 0.05) is 17.1 Å². The number of nitrogens with two attached hydrogens (primary N) is 2. The monoisotopic (exact) mass is 337 g/mol. The van der Waals surface area contributed by atoms with Crippen molar-refractivity contribution in [2.24, 2.45) is 11.5 Å². The predicted molar refractivity (Wildman–Crippen MR) is 96.9 cm³/mol. The number of aryl methyl sites for hydroxylation is 1. The zero-order valence-corrected chi connectivity index (χ0v) is 14.0. The van der Waals surface area contributed by atoms with Crippen LogP contribution in [0.3, 0.4) is 0 Å². The Bertz CT molecular complexity index is 1010. The number of aromatic nitrogens is 1. The van der Waals surface area contributed by atoms with Crippen molar-refractivity contribution in [3.05, 3.63) is 58.5 Å². The number of fused-ring (bicyclic) bond motifs is 3. The van der Waals surface area contributed by atoms with Gasteiger partial charge in [-0.25, -0.2) is 4.39 Å². The molecular weight excluding hydrogens is 317 g/mol. The number of rotatable bonds is 2. The second kappa shape index (κ2) is 5.70. The van der Waals surface area contributed by atoms with Gasteiger partial charge in [0.05, 0.1) is 11.1 Å². The van der Waals surface area contributed by atoms with Crippen LogP contribution < -0.4 is 11.5 Å². The summed E-state index contributed by atoms with van der Waals surface area (Å²) in [5, 5.41) is 0.940. The van der Waals surface area contributed by atoms with Crippen molar-refractivity contribution in [2.45, 2.75) is 32.2 Å². The minimum absolute atomic E-state index is 0.0881. The van der Waals surface area contributed by atoms with Gasteiger partial charge in [-0.15, -0.1) is 0 Å². The van der Waals surface area contributed by atoms with Crippen LogP contribution in [0, 0.1) is 12.7 Å². The average molecular weight is 337 g/mol. The SMILES string of the molecule is Cc1c(F)cccc1-c1ccc(C(N)=O)c2[nH]c3c(c12)CC(N)CC3. The van der Waals surface area contributed by atoms with E-state index in [0.29, 0.717) is 11.1 Å². The molecule has 5 N–H and O–H groups in total. The van der Waals surface area contributed by atoms with E-state index in [2.05, 4.69) is 4.98 Å². The summed E-state index contributed by atoms with van der Waals surface area (Å²) < 4.78 is 14.1. The summed E-state index contributed by atoms with van der Waals surface area (Å²) in [4.78, 5) is 15.3. The lowest BCUT2D eigenvalue weighted by molar-refractivity contribution is 0.100. The molecule has 128 valence electrons. The number of aromatic amines is 1. The average Bonchev–Trinajstić information content (AvgIpc) is 2.95. The molecule has 1 aliphatic carbocycles. The number of carbonyl (C=O) groups excluding carboxylic acids is 1. The molecule has 2 aromatic carbocycles. The van der Waals surface area contributed by atoms with Crippen molar-refractivity contribution < 1.29 is 9.18 Å². The standard InChI is InChI=1S/C20H20FN3O/c1-10-12(3-2-4-16(10)21)13-6-7-14(20(23)25)19-18(13)15-9-11(22)5-8-17(15)24-19/h2-4,6-7,11,24H,5,8-9,22H2,1H3,(H2,23,25). The maximum absolute atomic E-state index is 14.1. The molecule has 0 aliphatic heterocycles. The Labute approximate surface area is 145 Å². The minimum atomic E-state index is -0.476. The van der Waals surface area contributed by atoms with E-state index in [9.17, 15) is 9.18 Å². The van der Waals surface area contributed by atoms with Gasteiger partial charge in [0.15, 0.2) is 0 Å². The highest BCUT2D eigenvalue weighted by atomic mass is 19.1. The maximum atomic E-state index is 14.1. The van der Waals surface area contributed by atoms with Crippen LogP contribution in [-0.2, 0) is 12.8 Å². The van der Waals surface area contributed by atoms with Crippen LogP contribution in [0.2, 0.25) is 0 Å². The highest BCUT2D eigenvalue weighted by Gasteiger charge is 2.25. The molecular formula is C20H20FN3O. The van der Waals surface area contributed by atoms with E-state index in [4.69, 9.17) is 11.5 Å². The first-order chi connectivity index (χ1) is 12.0.